The molecule has 1 heterocycles. The van der Waals surface area contributed by atoms with Gasteiger partial charge in [-0.15, -0.1) is 0 Å². The van der Waals surface area contributed by atoms with E-state index < -0.39 is 17.2 Å². The second-order valence-electron chi connectivity index (χ2n) is 7.02. The van der Waals surface area contributed by atoms with E-state index in [2.05, 4.69) is 0 Å². The van der Waals surface area contributed by atoms with Crippen molar-refractivity contribution >= 4 is 12.1 Å². The van der Waals surface area contributed by atoms with Crippen LogP contribution in [-0.4, -0.2) is 53.0 Å². The lowest BCUT2D eigenvalue weighted by molar-refractivity contribution is -0.155. The third-order valence-corrected chi connectivity index (χ3v) is 3.96. The smallest absolute Gasteiger partial charge is 0.410 e. The van der Waals surface area contributed by atoms with Crippen molar-refractivity contribution in [1.82, 2.24) is 4.90 Å². The zero-order chi connectivity index (χ0) is 15.7. The van der Waals surface area contributed by atoms with Gasteiger partial charge in [-0.2, -0.15) is 0 Å². The lowest BCUT2D eigenvalue weighted by Crippen LogP contribution is -2.42. The SMILES string of the molecule is CC(C)(C)OC(=O)N1CCC(COC2(C(=O)O)CC2)CC1. The number of nitrogens with zero attached hydrogens (tertiary/aromatic N) is 1. The highest BCUT2D eigenvalue weighted by molar-refractivity contribution is 5.80. The molecule has 120 valence electrons. The van der Waals surface area contributed by atoms with Gasteiger partial charge in [0.1, 0.15) is 5.60 Å². The van der Waals surface area contributed by atoms with E-state index in [1.165, 1.54) is 0 Å². The Morgan fingerprint density at radius 3 is 2.24 bits per heavy atom. The normalized spacial score (nSPS) is 22.0. The van der Waals surface area contributed by atoms with Crippen LogP contribution in [0.5, 0.6) is 0 Å². The molecule has 6 nitrogen and oxygen atoms in total. The molecule has 1 aliphatic carbocycles. The van der Waals surface area contributed by atoms with Gasteiger partial charge < -0.3 is 19.5 Å². The van der Waals surface area contributed by atoms with E-state index in [9.17, 15) is 9.59 Å². The average Bonchev–Trinajstić information content (AvgIpc) is 3.16. The second-order valence-corrected chi connectivity index (χ2v) is 7.02. The summed E-state index contributed by atoms with van der Waals surface area (Å²) in [5.41, 5.74) is -1.39. The fourth-order valence-corrected chi connectivity index (χ4v) is 2.42. The van der Waals surface area contributed by atoms with Crippen molar-refractivity contribution in [2.24, 2.45) is 5.92 Å². The fourth-order valence-electron chi connectivity index (χ4n) is 2.42. The third kappa shape index (κ3) is 4.33. The molecule has 0 aromatic rings. The minimum atomic E-state index is -0.914. The molecule has 0 spiro atoms. The van der Waals surface area contributed by atoms with Crippen LogP contribution in [0, 0.1) is 5.92 Å². The van der Waals surface area contributed by atoms with E-state index in [1.54, 1.807) is 4.90 Å². The molecule has 1 aliphatic heterocycles. The van der Waals surface area contributed by atoms with Crippen molar-refractivity contribution in [2.75, 3.05) is 19.7 Å². The lowest BCUT2D eigenvalue weighted by atomic mass is 9.98. The van der Waals surface area contributed by atoms with Crippen LogP contribution in [0.2, 0.25) is 0 Å². The summed E-state index contributed by atoms with van der Waals surface area (Å²) in [7, 11) is 0. The predicted molar refractivity (Wildman–Crippen MR) is 76.1 cm³/mol. The molecule has 0 bridgehead atoms. The van der Waals surface area contributed by atoms with Gasteiger partial charge >= 0.3 is 12.1 Å². The zero-order valence-corrected chi connectivity index (χ0v) is 13.1. The maximum atomic E-state index is 11.9. The Labute approximate surface area is 125 Å². The summed E-state index contributed by atoms with van der Waals surface area (Å²) in [6.07, 6.45) is 2.60. The second kappa shape index (κ2) is 5.83. The molecular weight excluding hydrogens is 274 g/mol. The number of hydrogen-bond acceptors (Lipinski definition) is 4. The number of amides is 1. The van der Waals surface area contributed by atoms with Gasteiger partial charge in [-0.05, 0) is 52.4 Å². The topological polar surface area (TPSA) is 76.1 Å². The highest BCUT2D eigenvalue weighted by Gasteiger charge is 2.52. The van der Waals surface area contributed by atoms with Gasteiger partial charge in [0.25, 0.3) is 0 Å². The number of rotatable bonds is 4. The largest absolute Gasteiger partial charge is 0.479 e. The molecule has 0 atom stereocenters. The number of carbonyl (C=O) groups is 2. The minimum Gasteiger partial charge on any atom is -0.479 e. The van der Waals surface area contributed by atoms with Crippen molar-refractivity contribution in [3.05, 3.63) is 0 Å². The van der Waals surface area contributed by atoms with Crippen LogP contribution in [0.4, 0.5) is 4.79 Å². The molecule has 2 aliphatic rings. The molecule has 1 amide bonds. The quantitative estimate of drug-likeness (QED) is 0.861. The molecule has 21 heavy (non-hydrogen) atoms. The first-order valence-electron chi connectivity index (χ1n) is 7.57. The maximum absolute atomic E-state index is 11.9. The molecule has 0 aromatic heterocycles. The molecule has 2 rings (SSSR count). The standard InChI is InChI=1S/C15H25NO5/c1-14(2,3)21-13(19)16-8-4-11(5-9-16)10-20-15(6-7-15)12(17)18/h11H,4-10H2,1-3H3,(H,17,18). The summed E-state index contributed by atoms with van der Waals surface area (Å²) in [6, 6.07) is 0. The summed E-state index contributed by atoms with van der Waals surface area (Å²) in [5, 5.41) is 9.06. The predicted octanol–water partition coefficient (Wildman–Crippen LogP) is 2.27. The number of ether oxygens (including phenoxy) is 2. The van der Waals surface area contributed by atoms with Crippen LogP contribution < -0.4 is 0 Å². The molecule has 0 unspecified atom stereocenters. The molecule has 1 N–H and O–H groups in total. The Bertz CT molecular complexity index is 403. The van der Waals surface area contributed by atoms with Crippen molar-refractivity contribution in [1.29, 1.82) is 0 Å². The van der Waals surface area contributed by atoms with Gasteiger partial charge in [0, 0.05) is 13.1 Å². The van der Waals surface area contributed by atoms with E-state index >= 15 is 0 Å². The van der Waals surface area contributed by atoms with E-state index in [1.807, 2.05) is 20.8 Å². The van der Waals surface area contributed by atoms with Gasteiger partial charge in [0.2, 0.25) is 0 Å². The fraction of sp³-hybridized carbons (Fsp3) is 0.867. The van der Waals surface area contributed by atoms with Crippen molar-refractivity contribution < 1.29 is 24.2 Å². The van der Waals surface area contributed by atoms with Crippen LogP contribution in [0.15, 0.2) is 0 Å². The Balaban J connectivity index is 1.71. The molecule has 0 aromatic carbocycles. The van der Waals surface area contributed by atoms with Crippen LogP contribution in [0.3, 0.4) is 0 Å². The highest BCUT2D eigenvalue weighted by Crippen LogP contribution is 2.40. The monoisotopic (exact) mass is 299 g/mol. The van der Waals surface area contributed by atoms with E-state index in [-0.39, 0.29) is 6.09 Å². The Kier molecular flexibility index (Phi) is 4.46. The number of hydrogen-bond donors (Lipinski definition) is 1. The Morgan fingerprint density at radius 2 is 1.81 bits per heavy atom. The molecule has 2 fully saturated rings. The van der Waals surface area contributed by atoms with E-state index in [0.717, 1.165) is 12.8 Å². The number of likely N-dealkylation sites (tertiary alicyclic amines) is 1. The number of aliphatic carboxylic acids is 1. The number of carboxylic acid groups (broad SMARTS) is 1. The molecule has 1 saturated carbocycles. The summed E-state index contributed by atoms with van der Waals surface area (Å²) in [6.45, 7) is 7.31. The molecule has 1 saturated heterocycles. The number of piperidine rings is 1. The molecule has 6 heteroatoms. The van der Waals surface area contributed by atoms with Crippen molar-refractivity contribution in [3.63, 3.8) is 0 Å². The van der Waals surface area contributed by atoms with E-state index in [0.29, 0.717) is 38.5 Å². The first kappa shape index (κ1) is 16.1. The van der Waals surface area contributed by atoms with Crippen molar-refractivity contribution in [3.8, 4) is 0 Å². The van der Waals surface area contributed by atoms with Gasteiger partial charge in [-0.25, -0.2) is 9.59 Å². The first-order chi connectivity index (χ1) is 9.72. The van der Waals surface area contributed by atoms with Crippen LogP contribution in [0.1, 0.15) is 46.5 Å². The summed E-state index contributed by atoms with van der Waals surface area (Å²) in [4.78, 5) is 24.7. The van der Waals surface area contributed by atoms with Crippen LogP contribution in [-0.2, 0) is 14.3 Å². The van der Waals surface area contributed by atoms with Crippen molar-refractivity contribution in [2.45, 2.75) is 57.7 Å². The molecule has 0 radical (unpaired) electrons. The van der Waals surface area contributed by atoms with Crippen LogP contribution in [0.25, 0.3) is 0 Å². The summed E-state index contributed by atoms with van der Waals surface area (Å²) < 4.78 is 10.9. The van der Waals surface area contributed by atoms with Gasteiger partial charge in [0.05, 0.1) is 6.61 Å². The van der Waals surface area contributed by atoms with Gasteiger partial charge in [-0.1, -0.05) is 0 Å². The average molecular weight is 299 g/mol. The number of carboxylic acids is 1. The summed E-state index contributed by atoms with van der Waals surface area (Å²) >= 11 is 0. The highest BCUT2D eigenvalue weighted by atomic mass is 16.6. The minimum absolute atomic E-state index is 0.272. The Hall–Kier alpha value is -1.30. The molecular formula is C15H25NO5. The van der Waals surface area contributed by atoms with Crippen LogP contribution >= 0.6 is 0 Å². The van der Waals surface area contributed by atoms with Gasteiger partial charge in [0.15, 0.2) is 5.60 Å². The number of carbonyl (C=O) groups excluding carboxylic acids is 1. The lowest BCUT2D eigenvalue weighted by Gasteiger charge is -2.33. The summed E-state index contributed by atoms with van der Waals surface area (Å²) in [5.74, 6) is -0.533. The van der Waals surface area contributed by atoms with E-state index in [4.69, 9.17) is 14.6 Å². The first-order valence-corrected chi connectivity index (χ1v) is 7.57. The zero-order valence-electron chi connectivity index (χ0n) is 13.1. The third-order valence-electron chi connectivity index (χ3n) is 3.96. The van der Waals surface area contributed by atoms with Gasteiger partial charge in [-0.3, -0.25) is 0 Å². The Morgan fingerprint density at radius 1 is 1.24 bits per heavy atom. The maximum Gasteiger partial charge on any atom is 0.410 e.